The summed E-state index contributed by atoms with van der Waals surface area (Å²) in [6.07, 6.45) is 1.17. The Morgan fingerprint density at radius 3 is 1.75 bits per heavy atom. The van der Waals surface area contributed by atoms with Crippen molar-refractivity contribution in [3.8, 4) is 0 Å². The van der Waals surface area contributed by atoms with Crippen LogP contribution in [0.15, 0.2) is 11.7 Å². The van der Waals surface area contributed by atoms with Crippen LogP contribution in [0.3, 0.4) is 0 Å². The van der Waals surface area contributed by atoms with Crippen LogP contribution in [-0.2, 0) is 4.74 Å². The average Bonchev–Trinajstić information content (AvgIpc) is 2.55. The van der Waals surface area contributed by atoms with Crippen LogP contribution in [0.1, 0.15) is 78.1 Å². The van der Waals surface area contributed by atoms with E-state index in [-0.39, 0.29) is 18.3 Å². The van der Waals surface area contributed by atoms with E-state index >= 15 is 8.78 Å². The van der Waals surface area contributed by atoms with Gasteiger partial charge in [0.2, 0.25) is 0 Å². The number of ether oxygens (including phenoxy) is 1. The molecule has 0 aromatic rings. The number of halogens is 4. The zero-order chi connectivity index (χ0) is 17.4. The lowest BCUT2D eigenvalue weighted by molar-refractivity contribution is -0.370. The van der Waals surface area contributed by atoms with Crippen molar-refractivity contribution in [2.75, 3.05) is 0 Å². The van der Waals surface area contributed by atoms with Crippen LogP contribution in [0.2, 0.25) is 0 Å². The Balaban J connectivity index is 1.63. The topological polar surface area (TPSA) is 9.23 Å². The fourth-order valence-corrected chi connectivity index (χ4v) is 5.42. The van der Waals surface area contributed by atoms with Gasteiger partial charge in [0.05, 0.1) is 5.41 Å². The molecule has 5 heteroatoms. The molecule has 6 aliphatic rings. The minimum atomic E-state index is -3.41. The maximum Gasteiger partial charge on any atom is 0.362 e. The van der Waals surface area contributed by atoms with Gasteiger partial charge in [-0.2, -0.15) is 8.78 Å². The highest BCUT2D eigenvalue weighted by molar-refractivity contribution is 5.28. The molecule has 0 heterocycles. The SMILES string of the molecule is CC12CCC(C(F)(F)OC34CCC(C)(CC3)C(F)=C4F)(CC1)CC2. The average molecular weight is 346 g/mol. The minimum Gasteiger partial charge on any atom is -0.306 e. The highest BCUT2D eigenvalue weighted by Crippen LogP contribution is 2.65. The molecular formula is C19H26F4O. The second-order valence-electron chi connectivity index (χ2n) is 9.39. The number of allylic oxidation sites excluding steroid dienone is 1. The summed E-state index contributed by atoms with van der Waals surface area (Å²) in [5.74, 6) is -1.94. The predicted octanol–water partition coefficient (Wildman–Crippen LogP) is 6.44. The predicted molar refractivity (Wildman–Crippen MR) is 82.8 cm³/mol. The van der Waals surface area contributed by atoms with E-state index < -0.39 is 34.2 Å². The third-order valence-electron chi connectivity index (χ3n) is 7.85. The normalized spacial score (nSPS) is 48.2. The summed E-state index contributed by atoms with van der Waals surface area (Å²) in [6, 6.07) is 0. The van der Waals surface area contributed by atoms with Crippen molar-refractivity contribution in [2.24, 2.45) is 16.2 Å². The Labute approximate surface area is 140 Å². The fraction of sp³-hybridized carbons (Fsp3) is 0.895. The molecule has 4 fully saturated rings. The van der Waals surface area contributed by atoms with Crippen molar-refractivity contribution in [3.05, 3.63) is 11.7 Å². The molecule has 1 nitrogen and oxygen atoms in total. The highest BCUT2D eigenvalue weighted by Gasteiger charge is 2.65. The summed E-state index contributed by atoms with van der Waals surface area (Å²) >= 11 is 0. The van der Waals surface area contributed by atoms with Gasteiger partial charge in [-0.1, -0.05) is 13.8 Å². The van der Waals surface area contributed by atoms with Crippen molar-refractivity contribution >= 4 is 0 Å². The molecule has 0 unspecified atom stereocenters. The molecule has 6 rings (SSSR count). The lowest BCUT2D eigenvalue weighted by Crippen LogP contribution is -2.57. The van der Waals surface area contributed by atoms with E-state index in [1.165, 1.54) is 0 Å². The van der Waals surface area contributed by atoms with E-state index in [1.807, 2.05) is 0 Å². The van der Waals surface area contributed by atoms with Crippen LogP contribution in [-0.4, -0.2) is 11.7 Å². The largest absolute Gasteiger partial charge is 0.362 e. The standard InChI is InChI=1S/C19H26F4O/c1-15-3-8-17(9-4-15,10-5-15)19(22,23)24-18-11-6-16(2,7-12-18)13(20)14(18)21/h3-12H2,1-2H3. The molecule has 0 N–H and O–H groups in total. The highest BCUT2D eigenvalue weighted by atomic mass is 19.3. The van der Waals surface area contributed by atoms with Gasteiger partial charge in [-0.3, -0.25) is 0 Å². The maximum atomic E-state index is 15.2. The summed E-state index contributed by atoms with van der Waals surface area (Å²) < 4.78 is 64.6. The maximum absolute atomic E-state index is 15.2. The quantitative estimate of drug-likeness (QED) is 0.534. The molecule has 0 atom stereocenters. The second-order valence-corrected chi connectivity index (χ2v) is 9.39. The van der Waals surface area contributed by atoms with Gasteiger partial charge >= 0.3 is 6.11 Å². The molecule has 0 aromatic heterocycles. The molecule has 6 aliphatic carbocycles. The van der Waals surface area contributed by atoms with E-state index in [1.54, 1.807) is 6.92 Å². The lowest BCUT2D eigenvalue weighted by atomic mass is 9.54. The van der Waals surface area contributed by atoms with Crippen molar-refractivity contribution in [1.29, 1.82) is 0 Å². The van der Waals surface area contributed by atoms with E-state index in [4.69, 9.17) is 4.74 Å². The van der Waals surface area contributed by atoms with Crippen LogP contribution in [0.4, 0.5) is 17.6 Å². The Morgan fingerprint density at radius 1 is 0.750 bits per heavy atom. The van der Waals surface area contributed by atoms with E-state index in [0.717, 1.165) is 19.3 Å². The molecule has 0 amide bonds. The first-order chi connectivity index (χ1) is 11.1. The zero-order valence-electron chi connectivity index (χ0n) is 14.5. The van der Waals surface area contributed by atoms with E-state index in [0.29, 0.717) is 32.1 Å². The third kappa shape index (κ3) is 2.09. The summed E-state index contributed by atoms with van der Waals surface area (Å²) in [4.78, 5) is 0. The van der Waals surface area contributed by atoms with Crippen molar-refractivity contribution in [2.45, 2.75) is 89.8 Å². The van der Waals surface area contributed by atoms with Crippen molar-refractivity contribution in [1.82, 2.24) is 0 Å². The first-order valence-electron chi connectivity index (χ1n) is 9.20. The summed E-state index contributed by atoms with van der Waals surface area (Å²) in [7, 11) is 0. The van der Waals surface area contributed by atoms with Crippen molar-refractivity contribution in [3.63, 3.8) is 0 Å². The lowest BCUT2D eigenvalue weighted by Gasteiger charge is -2.57. The van der Waals surface area contributed by atoms with Crippen LogP contribution in [0.25, 0.3) is 0 Å². The van der Waals surface area contributed by atoms with Crippen LogP contribution in [0.5, 0.6) is 0 Å². The summed E-state index contributed by atoms with van der Waals surface area (Å²) in [5, 5.41) is 0. The van der Waals surface area contributed by atoms with Gasteiger partial charge in [-0.15, -0.1) is 0 Å². The van der Waals surface area contributed by atoms with Gasteiger partial charge in [0.25, 0.3) is 0 Å². The van der Waals surface area contributed by atoms with Crippen LogP contribution in [0, 0.1) is 16.2 Å². The van der Waals surface area contributed by atoms with Gasteiger partial charge in [0, 0.05) is 5.41 Å². The van der Waals surface area contributed by atoms with Gasteiger partial charge in [0.1, 0.15) is 11.4 Å². The third-order valence-corrected chi connectivity index (χ3v) is 7.85. The van der Waals surface area contributed by atoms with E-state index in [9.17, 15) is 8.78 Å². The Morgan fingerprint density at radius 2 is 1.25 bits per heavy atom. The molecule has 0 aromatic carbocycles. The molecule has 4 bridgehead atoms. The van der Waals surface area contributed by atoms with E-state index in [2.05, 4.69) is 6.92 Å². The smallest absolute Gasteiger partial charge is 0.306 e. The number of fused-ring (bicyclic) bond motifs is 5. The zero-order valence-corrected chi connectivity index (χ0v) is 14.5. The van der Waals surface area contributed by atoms with Gasteiger partial charge in [-0.05, 0) is 69.6 Å². The first kappa shape index (κ1) is 16.9. The summed E-state index contributed by atoms with van der Waals surface area (Å²) in [6.45, 7) is 3.83. The van der Waals surface area contributed by atoms with Crippen LogP contribution < -0.4 is 0 Å². The minimum absolute atomic E-state index is 0.145. The molecule has 0 radical (unpaired) electrons. The molecule has 0 spiro atoms. The molecule has 0 aliphatic heterocycles. The first-order valence-corrected chi connectivity index (χ1v) is 9.20. The number of rotatable bonds is 3. The monoisotopic (exact) mass is 346 g/mol. The molecule has 136 valence electrons. The molecular weight excluding hydrogens is 320 g/mol. The molecule has 24 heavy (non-hydrogen) atoms. The number of hydrogen-bond donors (Lipinski definition) is 0. The Kier molecular flexibility index (Phi) is 3.35. The Hall–Kier alpha value is -0.580. The molecule has 0 saturated heterocycles. The second kappa shape index (κ2) is 4.77. The van der Waals surface area contributed by atoms with Gasteiger partial charge in [-0.25, -0.2) is 8.78 Å². The number of alkyl halides is 2. The van der Waals surface area contributed by atoms with Gasteiger partial charge in [0.15, 0.2) is 5.83 Å². The Bertz CT molecular complexity index is 562. The summed E-state index contributed by atoms with van der Waals surface area (Å²) in [5.41, 5.74) is -3.61. The number of hydrogen-bond acceptors (Lipinski definition) is 1. The molecule has 4 saturated carbocycles. The van der Waals surface area contributed by atoms with Crippen LogP contribution >= 0.6 is 0 Å². The van der Waals surface area contributed by atoms with Crippen molar-refractivity contribution < 1.29 is 22.3 Å². The van der Waals surface area contributed by atoms with Gasteiger partial charge < -0.3 is 4.74 Å². The fourth-order valence-electron chi connectivity index (χ4n) is 5.42.